The average Bonchev–Trinajstić information content (AvgIpc) is 2.84. The molecule has 0 bridgehead atoms. The second kappa shape index (κ2) is 9.32. The third-order valence-corrected chi connectivity index (χ3v) is 6.77. The number of sulfonamides is 1. The van der Waals surface area contributed by atoms with Crippen LogP contribution in [0.1, 0.15) is 31.2 Å². The fourth-order valence-corrected chi connectivity index (χ4v) is 4.97. The van der Waals surface area contributed by atoms with Crippen LogP contribution in [0.2, 0.25) is 0 Å². The average molecular weight is 438 g/mol. The number of likely N-dealkylation sites (N-methyl/N-ethyl adjacent to an activating group) is 1. The molecular formula is C20H31N5O4S. The minimum Gasteiger partial charge on any atom is -0.494 e. The zero-order valence-corrected chi connectivity index (χ0v) is 18.9. The first kappa shape index (κ1) is 22.5. The van der Waals surface area contributed by atoms with E-state index >= 15 is 0 Å². The molecule has 0 radical (unpaired) electrons. The smallest absolute Gasteiger partial charge is 0.345 e. The van der Waals surface area contributed by atoms with Crippen molar-refractivity contribution >= 4 is 10.0 Å². The van der Waals surface area contributed by atoms with Crippen molar-refractivity contribution in [2.75, 3.05) is 27.2 Å². The van der Waals surface area contributed by atoms with Crippen molar-refractivity contribution in [3.8, 4) is 5.75 Å². The van der Waals surface area contributed by atoms with Crippen LogP contribution < -0.4 is 15.1 Å². The number of rotatable bonds is 8. The molecule has 0 saturated heterocycles. The summed E-state index contributed by atoms with van der Waals surface area (Å²) >= 11 is 0. The van der Waals surface area contributed by atoms with Gasteiger partial charge < -0.3 is 9.64 Å². The van der Waals surface area contributed by atoms with Crippen LogP contribution in [0.25, 0.3) is 0 Å². The van der Waals surface area contributed by atoms with Crippen molar-refractivity contribution < 1.29 is 13.2 Å². The van der Waals surface area contributed by atoms with E-state index in [9.17, 15) is 13.2 Å². The van der Waals surface area contributed by atoms with Crippen LogP contribution in [0.3, 0.4) is 0 Å². The summed E-state index contributed by atoms with van der Waals surface area (Å²) in [5, 5.41) is 4.46. The normalized spacial score (nSPS) is 17.0. The summed E-state index contributed by atoms with van der Waals surface area (Å²) in [7, 11) is 0.245. The number of aryl methyl sites for hydroxylation is 2. The van der Waals surface area contributed by atoms with Crippen LogP contribution in [-0.4, -0.2) is 61.0 Å². The van der Waals surface area contributed by atoms with Gasteiger partial charge >= 0.3 is 5.69 Å². The molecule has 30 heavy (non-hydrogen) atoms. The number of fused-ring (bicyclic) bond motifs is 1. The zero-order chi connectivity index (χ0) is 21.9. The Kier molecular flexibility index (Phi) is 6.99. The molecule has 2 aromatic rings. The highest BCUT2D eigenvalue weighted by Crippen LogP contribution is 2.23. The first-order valence-corrected chi connectivity index (χ1v) is 11.8. The van der Waals surface area contributed by atoms with Crippen LogP contribution in [0.4, 0.5) is 0 Å². The summed E-state index contributed by atoms with van der Waals surface area (Å²) in [6, 6.07) is 4.62. The van der Waals surface area contributed by atoms with Crippen molar-refractivity contribution in [2.24, 2.45) is 0 Å². The Balaban J connectivity index is 1.68. The van der Waals surface area contributed by atoms with Gasteiger partial charge in [0, 0.05) is 25.6 Å². The van der Waals surface area contributed by atoms with Gasteiger partial charge in [0.15, 0.2) is 0 Å². The highest BCUT2D eigenvalue weighted by Gasteiger charge is 2.25. The number of nitrogens with one attached hydrogen (secondary N) is 1. The predicted octanol–water partition coefficient (Wildman–Crippen LogP) is 0.997. The lowest BCUT2D eigenvalue weighted by atomic mass is 10.1. The van der Waals surface area contributed by atoms with Gasteiger partial charge in [0.05, 0.1) is 18.0 Å². The predicted molar refractivity (Wildman–Crippen MR) is 114 cm³/mol. The lowest BCUT2D eigenvalue weighted by molar-refractivity contribution is 0.337. The summed E-state index contributed by atoms with van der Waals surface area (Å²) in [5.74, 6) is 1.40. The third-order valence-electron chi connectivity index (χ3n) is 5.25. The molecule has 0 amide bonds. The molecule has 0 aliphatic carbocycles. The van der Waals surface area contributed by atoms with E-state index in [1.165, 1.54) is 4.68 Å². The fourth-order valence-electron chi connectivity index (χ4n) is 3.58. The maximum Gasteiger partial charge on any atom is 0.345 e. The van der Waals surface area contributed by atoms with E-state index in [0.717, 1.165) is 17.9 Å². The Bertz CT molecular complexity index is 1040. The molecule has 3 rings (SSSR count). The van der Waals surface area contributed by atoms with Gasteiger partial charge in [-0.25, -0.2) is 22.6 Å². The minimum absolute atomic E-state index is 0.127. The van der Waals surface area contributed by atoms with E-state index in [1.54, 1.807) is 22.8 Å². The Morgan fingerprint density at radius 1 is 1.30 bits per heavy atom. The third kappa shape index (κ3) is 5.11. The van der Waals surface area contributed by atoms with E-state index in [2.05, 4.69) is 9.82 Å². The first-order chi connectivity index (χ1) is 14.2. The molecule has 166 valence electrons. The van der Waals surface area contributed by atoms with Crippen molar-refractivity contribution in [1.29, 1.82) is 0 Å². The van der Waals surface area contributed by atoms with Gasteiger partial charge in [0.1, 0.15) is 11.6 Å². The number of aromatic nitrogens is 3. The summed E-state index contributed by atoms with van der Waals surface area (Å²) in [6.45, 7) is 5.97. The second-order valence-electron chi connectivity index (χ2n) is 7.88. The quantitative estimate of drug-likeness (QED) is 0.662. The lowest BCUT2D eigenvalue weighted by Crippen LogP contribution is -2.36. The van der Waals surface area contributed by atoms with Gasteiger partial charge in [-0.3, -0.25) is 4.57 Å². The molecule has 1 aromatic carbocycles. The van der Waals surface area contributed by atoms with Gasteiger partial charge in [0.25, 0.3) is 0 Å². The van der Waals surface area contributed by atoms with Gasteiger partial charge in [-0.05, 0) is 64.5 Å². The molecule has 1 aliphatic heterocycles. The summed E-state index contributed by atoms with van der Waals surface area (Å²) in [4.78, 5) is 14.8. The molecule has 1 aliphatic rings. The molecule has 1 atom stereocenters. The van der Waals surface area contributed by atoms with Crippen LogP contribution in [0, 0.1) is 6.92 Å². The van der Waals surface area contributed by atoms with Crippen LogP contribution >= 0.6 is 0 Å². The Morgan fingerprint density at radius 2 is 2.07 bits per heavy atom. The Morgan fingerprint density at radius 3 is 2.73 bits per heavy atom. The highest BCUT2D eigenvalue weighted by molar-refractivity contribution is 7.89. The number of hydrogen-bond acceptors (Lipinski definition) is 6. The number of nitrogens with zero attached hydrogens (tertiary/aromatic N) is 4. The molecular weight excluding hydrogens is 406 g/mol. The summed E-state index contributed by atoms with van der Waals surface area (Å²) < 4.78 is 37.2. The molecule has 0 fully saturated rings. The molecule has 0 spiro atoms. The zero-order valence-electron chi connectivity index (χ0n) is 18.1. The van der Waals surface area contributed by atoms with Crippen molar-refractivity contribution in [3.05, 3.63) is 40.1 Å². The van der Waals surface area contributed by atoms with Gasteiger partial charge in [-0.1, -0.05) is 0 Å². The van der Waals surface area contributed by atoms with Gasteiger partial charge in [0.2, 0.25) is 10.0 Å². The standard InChI is InChI=1S/C20H31N5O4S/c1-5-29-18-8-7-17(14-15(18)2)30(27,28)22-16-6-9-19-21-25(13-12-23(3)4)20(26)24(19)11-10-16/h7-8,14,16,22H,5-6,9-13H2,1-4H3. The van der Waals surface area contributed by atoms with E-state index in [0.29, 0.717) is 44.7 Å². The lowest BCUT2D eigenvalue weighted by Gasteiger charge is -2.17. The fraction of sp³-hybridized carbons (Fsp3) is 0.600. The van der Waals surface area contributed by atoms with Crippen LogP contribution in [-0.2, 0) is 29.5 Å². The van der Waals surface area contributed by atoms with Gasteiger partial charge in [-0.15, -0.1) is 0 Å². The Hall–Kier alpha value is -2.17. The van der Waals surface area contributed by atoms with Crippen molar-refractivity contribution in [2.45, 2.75) is 57.1 Å². The van der Waals surface area contributed by atoms with Gasteiger partial charge in [-0.2, -0.15) is 5.10 Å². The maximum absolute atomic E-state index is 12.9. The van der Waals surface area contributed by atoms with E-state index in [1.807, 2.05) is 32.8 Å². The van der Waals surface area contributed by atoms with E-state index in [4.69, 9.17) is 4.74 Å². The molecule has 1 unspecified atom stereocenters. The number of hydrogen-bond donors (Lipinski definition) is 1. The second-order valence-corrected chi connectivity index (χ2v) is 9.60. The topological polar surface area (TPSA) is 98.5 Å². The molecule has 1 aromatic heterocycles. The monoisotopic (exact) mass is 437 g/mol. The summed E-state index contributed by atoms with van der Waals surface area (Å²) in [6.07, 6.45) is 1.70. The van der Waals surface area contributed by atoms with Crippen molar-refractivity contribution in [3.63, 3.8) is 0 Å². The SMILES string of the molecule is CCOc1ccc(S(=O)(=O)NC2CCc3nn(CCN(C)C)c(=O)n3CC2)cc1C. The highest BCUT2D eigenvalue weighted by atomic mass is 32.2. The number of benzene rings is 1. The maximum atomic E-state index is 12.9. The molecule has 2 heterocycles. The van der Waals surface area contributed by atoms with E-state index in [-0.39, 0.29) is 16.6 Å². The molecule has 9 nitrogen and oxygen atoms in total. The van der Waals surface area contributed by atoms with Crippen LogP contribution in [0.15, 0.2) is 27.9 Å². The minimum atomic E-state index is -3.66. The van der Waals surface area contributed by atoms with Crippen LogP contribution in [0.5, 0.6) is 5.75 Å². The van der Waals surface area contributed by atoms with E-state index < -0.39 is 10.0 Å². The van der Waals surface area contributed by atoms with Crippen molar-refractivity contribution in [1.82, 2.24) is 24.0 Å². The molecule has 1 N–H and O–H groups in total. The number of ether oxygens (including phenoxy) is 1. The molecule has 10 heteroatoms. The molecule has 0 saturated carbocycles. The first-order valence-electron chi connectivity index (χ1n) is 10.3. The Labute approximate surface area is 177 Å². The summed E-state index contributed by atoms with van der Waals surface area (Å²) in [5.41, 5.74) is 0.650. The largest absolute Gasteiger partial charge is 0.494 e.